The van der Waals surface area contributed by atoms with Crippen LogP contribution in [0.3, 0.4) is 0 Å². The van der Waals surface area contributed by atoms with Gasteiger partial charge >= 0.3 is 12.1 Å². The molecule has 0 aliphatic carbocycles. The highest BCUT2D eigenvalue weighted by Gasteiger charge is 2.37. The van der Waals surface area contributed by atoms with Crippen molar-refractivity contribution in [1.29, 1.82) is 0 Å². The maximum atomic E-state index is 13.5. The lowest BCUT2D eigenvalue weighted by Crippen LogP contribution is -2.59. The van der Waals surface area contributed by atoms with Crippen molar-refractivity contribution in [2.75, 3.05) is 6.61 Å². The molecule has 4 rings (SSSR count). The molecule has 0 fully saturated rings. The minimum Gasteiger partial charge on any atom is -0.452 e. The van der Waals surface area contributed by atoms with E-state index in [4.69, 9.17) is 9.47 Å². The van der Waals surface area contributed by atoms with Crippen molar-refractivity contribution in [3.8, 4) is 0 Å². The van der Waals surface area contributed by atoms with Gasteiger partial charge in [-0.15, -0.1) is 0 Å². The standard InChI is InChI=1S/C41H47N3O10/c1-2-15-31(44-41(52)53-26-27-16-7-3-8-17-27)39(50)43-33(25-45)35(47)36(48)37(49)40(51)42-32(28-18-9-4-10-19-28)24-34(46)54-38(29-20-11-5-12-21-29)30-22-13-6-14-23-30/h3-14,16-23,31-33,35-38,45,47-49H,2,15,24-26H2,1H3,(H,42,51)(H,43,50)(H,44,52)/t31-,32-,33-,35+,36+,37-/m0/s1. The summed E-state index contributed by atoms with van der Waals surface area (Å²) in [6.07, 6.45) is -7.81. The molecule has 13 heteroatoms. The summed E-state index contributed by atoms with van der Waals surface area (Å²) in [5.41, 5.74) is 2.70. The second-order valence-corrected chi connectivity index (χ2v) is 12.6. The third kappa shape index (κ3) is 12.2. The quantitative estimate of drug-likeness (QED) is 0.0700. The number of rotatable bonds is 19. The number of hydrogen-bond donors (Lipinski definition) is 7. The third-order valence-corrected chi connectivity index (χ3v) is 8.62. The normalized spacial score (nSPS) is 14.4. The van der Waals surface area contributed by atoms with Crippen LogP contribution in [0.25, 0.3) is 0 Å². The predicted octanol–water partition coefficient (Wildman–Crippen LogP) is 3.22. The van der Waals surface area contributed by atoms with E-state index < -0.39 is 73.0 Å². The van der Waals surface area contributed by atoms with Crippen LogP contribution in [0.2, 0.25) is 0 Å². The van der Waals surface area contributed by atoms with Gasteiger partial charge in [-0.2, -0.15) is 0 Å². The van der Waals surface area contributed by atoms with Gasteiger partial charge in [0, 0.05) is 0 Å². The minimum absolute atomic E-state index is 0.0362. The number of carbonyl (C=O) groups excluding carboxylic acids is 4. The van der Waals surface area contributed by atoms with Gasteiger partial charge in [0.15, 0.2) is 12.2 Å². The Bertz CT molecular complexity index is 1710. The molecule has 13 nitrogen and oxygen atoms in total. The molecule has 3 amide bonds. The van der Waals surface area contributed by atoms with E-state index in [9.17, 15) is 39.6 Å². The monoisotopic (exact) mass is 741 g/mol. The Morgan fingerprint density at radius 2 is 1.17 bits per heavy atom. The predicted molar refractivity (Wildman–Crippen MR) is 198 cm³/mol. The summed E-state index contributed by atoms with van der Waals surface area (Å²) in [7, 11) is 0. The molecule has 0 saturated carbocycles. The Hall–Kier alpha value is -5.60. The van der Waals surface area contributed by atoms with Gasteiger partial charge in [-0.25, -0.2) is 4.79 Å². The van der Waals surface area contributed by atoms with E-state index in [0.717, 1.165) is 16.7 Å². The van der Waals surface area contributed by atoms with E-state index in [1.807, 2.05) is 66.7 Å². The first-order valence-electron chi connectivity index (χ1n) is 17.7. The van der Waals surface area contributed by atoms with Gasteiger partial charge in [-0.1, -0.05) is 135 Å². The molecule has 6 atom stereocenters. The Morgan fingerprint density at radius 1 is 0.648 bits per heavy atom. The van der Waals surface area contributed by atoms with Crippen LogP contribution >= 0.6 is 0 Å². The lowest BCUT2D eigenvalue weighted by Gasteiger charge is -2.30. The summed E-state index contributed by atoms with van der Waals surface area (Å²) in [6.45, 7) is 0.852. The number of ether oxygens (including phenoxy) is 2. The van der Waals surface area contributed by atoms with Crippen molar-refractivity contribution in [3.05, 3.63) is 144 Å². The third-order valence-electron chi connectivity index (χ3n) is 8.62. The summed E-state index contributed by atoms with van der Waals surface area (Å²) < 4.78 is 11.1. The van der Waals surface area contributed by atoms with Crippen LogP contribution in [0, 0.1) is 0 Å². The molecule has 0 aliphatic heterocycles. The summed E-state index contributed by atoms with van der Waals surface area (Å²) in [5.74, 6) is -2.61. The molecule has 4 aromatic carbocycles. The molecule has 7 N–H and O–H groups in total. The fourth-order valence-electron chi connectivity index (χ4n) is 5.69. The highest BCUT2D eigenvalue weighted by Crippen LogP contribution is 2.28. The van der Waals surface area contributed by atoms with Gasteiger partial charge in [0.2, 0.25) is 5.91 Å². The molecular weight excluding hydrogens is 694 g/mol. The van der Waals surface area contributed by atoms with E-state index in [-0.39, 0.29) is 19.4 Å². The zero-order valence-electron chi connectivity index (χ0n) is 29.9. The van der Waals surface area contributed by atoms with Crippen molar-refractivity contribution in [2.45, 2.75) is 75.3 Å². The highest BCUT2D eigenvalue weighted by atomic mass is 16.6. The van der Waals surface area contributed by atoms with E-state index in [2.05, 4.69) is 16.0 Å². The van der Waals surface area contributed by atoms with Gasteiger partial charge in [-0.3, -0.25) is 14.4 Å². The van der Waals surface area contributed by atoms with Crippen molar-refractivity contribution in [3.63, 3.8) is 0 Å². The first-order chi connectivity index (χ1) is 26.1. The maximum Gasteiger partial charge on any atom is 0.408 e. The van der Waals surface area contributed by atoms with Gasteiger partial charge in [0.25, 0.3) is 5.91 Å². The lowest BCUT2D eigenvalue weighted by molar-refractivity contribution is -0.149. The molecule has 0 heterocycles. The average Bonchev–Trinajstić information content (AvgIpc) is 3.21. The number of alkyl carbamates (subject to hydrolysis) is 1. The Morgan fingerprint density at radius 3 is 1.69 bits per heavy atom. The molecular formula is C41H47N3O10. The summed E-state index contributed by atoms with van der Waals surface area (Å²) >= 11 is 0. The molecule has 0 radical (unpaired) electrons. The van der Waals surface area contributed by atoms with Crippen molar-refractivity contribution >= 4 is 23.9 Å². The van der Waals surface area contributed by atoms with Crippen LogP contribution < -0.4 is 16.0 Å². The topological polar surface area (TPSA) is 204 Å². The Labute approximate surface area is 314 Å². The first kappa shape index (κ1) is 41.2. The number of benzene rings is 4. The highest BCUT2D eigenvalue weighted by molar-refractivity contribution is 5.86. The second kappa shape index (κ2) is 21.2. The number of hydrogen-bond acceptors (Lipinski definition) is 10. The van der Waals surface area contributed by atoms with Gasteiger partial charge < -0.3 is 45.9 Å². The molecule has 0 spiro atoms. The van der Waals surface area contributed by atoms with Gasteiger partial charge in [0.05, 0.1) is 25.1 Å². The van der Waals surface area contributed by atoms with Crippen LogP contribution in [0.1, 0.15) is 60.6 Å². The summed E-state index contributed by atoms with van der Waals surface area (Å²) in [5, 5.41) is 50.1. The van der Waals surface area contributed by atoms with E-state index in [1.54, 1.807) is 61.5 Å². The van der Waals surface area contributed by atoms with Crippen LogP contribution in [-0.4, -0.2) is 81.3 Å². The number of nitrogens with one attached hydrogen (secondary N) is 3. The summed E-state index contributed by atoms with van der Waals surface area (Å²) in [6, 6.07) is 32.0. The second-order valence-electron chi connectivity index (χ2n) is 12.6. The Balaban J connectivity index is 1.39. The molecule has 0 aliphatic rings. The van der Waals surface area contributed by atoms with Crippen molar-refractivity contribution < 1.29 is 49.1 Å². The molecule has 0 unspecified atom stereocenters. The van der Waals surface area contributed by atoms with E-state index in [1.165, 1.54) is 0 Å². The van der Waals surface area contributed by atoms with E-state index in [0.29, 0.717) is 12.0 Å². The molecule has 54 heavy (non-hydrogen) atoms. The minimum atomic E-state index is -2.26. The summed E-state index contributed by atoms with van der Waals surface area (Å²) in [4.78, 5) is 52.4. The largest absolute Gasteiger partial charge is 0.452 e. The Kier molecular flexibility index (Phi) is 16.2. The zero-order chi connectivity index (χ0) is 38.9. The smallest absolute Gasteiger partial charge is 0.408 e. The number of esters is 1. The SMILES string of the molecule is CCC[C@H](NC(=O)OCc1ccccc1)C(=O)N[C@@H](CO)[C@@H](O)[C@@H](O)[C@H](O)C(=O)N[C@@H](CC(=O)OC(c1ccccc1)c1ccccc1)c1ccccc1. The van der Waals surface area contributed by atoms with Gasteiger partial charge in [0.1, 0.15) is 24.9 Å². The molecule has 286 valence electrons. The fourth-order valence-corrected chi connectivity index (χ4v) is 5.69. The van der Waals surface area contributed by atoms with Crippen LogP contribution in [0.5, 0.6) is 0 Å². The number of aliphatic hydroxyl groups excluding tert-OH is 4. The average molecular weight is 742 g/mol. The lowest BCUT2D eigenvalue weighted by atomic mass is 9.98. The molecule has 0 aromatic heterocycles. The number of amides is 3. The molecule has 0 bridgehead atoms. The van der Waals surface area contributed by atoms with Gasteiger partial charge in [-0.05, 0) is 28.7 Å². The van der Waals surface area contributed by atoms with Crippen molar-refractivity contribution in [2.24, 2.45) is 0 Å². The van der Waals surface area contributed by atoms with Crippen molar-refractivity contribution in [1.82, 2.24) is 16.0 Å². The first-order valence-corrected chi connectivity index (χ1v) is 17.7. The van der Waals surface area contributed by atoms with Crippen LogP contribution in [0.4, 0.5) is 4.79 Å². The van der Waals surface area contributed by atoms with Crippen LogP contribution in [0.15, 0.2) is 121 Å². The fraction of sp³-hybridized carbons (Fsp3) is 0.317. The number of aliphatic hydroxyl groups is 4. The molecule has 4 aromatic rings. The van der Waals surface area contributed by atoms with E-state index >= 15 is 0 Å². The maximum absolute atomic E-state index is 13.5. The molecule has 0 saturated heterocycles. The number of carbonyl (C=O) groups is 4. The van der Waals surface area contributed by atoms with Crippen LogP contribution in [-0.2, 0) is 30.5 Å². The zero-order valence-corrected chi connectivity index (χ0v) is 29.9.